The van der Waals surface area contributed by atoms with Crippen LogP contribution >= 0.6 is 0 Å². The molecule has 1 aromatic carbocycles. The predicted molar refractivity (Wildman–Crippen MR) is 105 cm³/mol. The molecule has 0 saturated carbocycles. The van der Waals surface area contributed by atoms with Gasteiger partial charge in [0.2, 0.25) is 5.91 Å². The van der Waals surface area contributed by atoms with Crippen LogP contribution in [0.5, 0.6) is 0 Å². The van der Waals surface area contributed by atoms with Gasteiger partial charge in [0.1, 0.15) is 0 Å². The molecule has 6 heteroatoms. The quantitative estimate of drug-likeness (QED) is 0.890. The predicted octanol–water partition coefficient (Wildman–Crippen LogP) is 1.45. The summed E-state index contributed by atoms with van der Waals surface area (Å²) in [5.74, 6) is 0.0201. The number of hydrogen-bond acceptors (Lipinski definition) is 4. The summed E-state index contributed by atoms with van der Waals surface area (Å²) in [5.41, 5.74) is 4.46. The molecule has 2 heterocycles. The second-order valence-corrected chi connectivity index (χ2v) is 7.53. The molecule has 0 spiro atoms. The summed E-state index contributed by atoms with van der Waals surface area (Å²) >= 11 is 0. The topological polar surface area (TPSA) is 67.2 Å². The molecule has 2 aromatic rings. The Kier molecular flexibility index (Phi) is 4.97. The number of benzene rings is 1. The van der Waals surface area contributed by atoms with Gasteiger partial charge in [-0.15, -0.1) is 0 Å². The molecular formula is C21H26N4O2. The Morgan fingerprint density at radius 3 is 3.00 bits per heavy atom. The first-order valence-electron chi connectivity index (χ1n) is 9.78. The summed E-state index contributed by atoms with van der Waals surface area (Å²) in [6, 6.07) is 10.2. The summed E-state index contributed by atoms with van der Waals surface area (Å²) in [7, 11) is 1.67. The molecule has 1 atom stereocenters. The van der Waals surface area contributed by atoms with E-state index < -0.39 is 0 Å². The molecule has 0 unspecified atom stereocenters. The summed E-state index contributed by atoms with van der Waals surface area (Å²) in [6.07, 6.45) is 4.44. The van der Waals surface area contributed by atoms with Crippen molar-refractivity contribution in [3.05, 3.63) is 57.5 Å². The number of para-hydroxylation sites is 1. The Labute approximate surface area is 159 Å². The van der Waals surface area contributed by atoms with Crippen molar-refractivity contribution in [3.8, 4) is 0 Å². The van der Waals surface area contributed by atoms with Gasteiger partial charge in [0.25, 0.3) is 5.56 Å². The number of fused-ring (bicyclic) bond motifs is 2. The molecule has 2 aliphatic rings. The number of aromatic nitrogens is 2. The van der Waals surface area contributed by atoms with E-state index in [9.17, 15) is 9.59 Å². The maximum Gasteiger partial charge on any atom is 0.266 e. The van der Waals surface area contributed by atoms with E-state index in [0.717, 1.165) is 50.0 Å². The number of amides is 1. The Hall–Kier alpha value is -2.63. The molecule has 142 valence electrons. The van der Waals surface area contributed by atoms with Gasteiger partial charge in [-0.1, -0.05) is 18.2 Å². The third-order valence-electron chi connectivity index (χ3n) is 5.71. The highest BCUT2D eigenvalue weighted by Gasteiger charge is 2.26. The first-order chi connectivity index (χ1) is 13.1. The molecule has 1 aliphatic carbocycles. The third-order valence-corrected chi connectivity index (χ3v) is 5.71. The highest BCUT2D eigenvalue weighted by molar-refractivity contribution is 5.79. The SMILES string of the molecule is Cn1nc2c(cc1=O)C[C@H](C(=O)NCCN1CCCc3ccccc31)CC2. The molecule has 0 fully saturated rings. The van der Waals surface area contributed by atoms with Crippen molar-refractivity contribution >= 4 is 11.6 Å². The first kappa shape index (κ1) is 17.8. The molecule has 6 nitrogen and oxygen atoms in total. The number of carbonyl (C=O) groups is 1. The number of aryl methyl sites for hydroxylation is 3. The fourth-order valence-corrected chi connectivity index (χ4v) is 4.21. The van der Waals surface area contributed by atoms with Crippen LogP contribution in [0.4, 0.5) is 5.69 Å². The van der Waals surface area contributed by atoms with E-state index in [1.807, 2.05) is 0 Å². The van der Waals surface area contributed by atoms with Crippen molar-refractivity contribution in [2.24, 2.45) is 13.0 Å². The minimum atomic E-state index is -0.112. The maximum absolute atomic E-state index is 12.6. The number of nitrogens with zero attached hydrogens (tertiary/aromatic N) is 3. The van der Waals surface area contributed by atoms with Crippen molar-refractivity contribution in [3.63, 3.8) is 0 Å². The van der Waals surface area contributed by atoms with Gasteiger partial charge in [-0.3, -0.25) is 9.59 Å². The lowest BCUT2D eigenvalue weighted by Gasteiger charge is -2.31. The van der Waals surface area contributed by atoms with E-state index >= 15 is 0 Å². The van der Waals surface area contributed by atoms with Crippen molar-refractivity contribution in [1.29, 1.82) is 0 Å². The lowest BCUT2D eigenvalue weighted by Crippen LogP contribution is -2.41. The van der Waals surface area contributed by atoms with Crippen LogP contribution in [0.1, 0.15) is 29.7 Å². The Morgan fingerprint density at radius 2 is 2.11 bits per heavy atom. The van der Waals surface area contributed by atoms with Gasteiger partial charge in [-0.25, -0.2) is 4.68 Å². The molecular weight excluding hydrogens is 340 g/mol. The summed E-state index contributed by atoms with van der Waals surface area (Å²) in [4.78, 5) is 26.8. The van der Waals surface area contributed by atoms with Crippen LogP contribution in [0, 0.1) is 5.92 Å². The van der Waals surface area contributed by atoms with E-state index in [1.165, 1.54) is 15.9 Å². The van der Waals surface area contributed by atoms with Gasteiger partial charge in [0.05, 0.1) is 5.69 Å². The monoisotopic (exact) mass is 366 g/mol. The van der Waals surface area contributed by atoms with Gasteiger partial charge >= 0.3 is 0 Å². The lowest BCUT2D eigenvalue weighted by molar-refractivity contribution is -0.125. The van der Waals surface area contributed by atoms with Crippen LogP contribution in [0.2, 0.25) is 0 Å². The van der Waals surface area contributed by atoms with Gasteiger partial charge in [0.15, 0.2) is 0 Å². The minimum Gasteiger partial charge on any atom is -0.370 e. The van der Waals surface area contributed by atoms with Crippen molar-refractivity contribution in [2.75, 3.05) is 24.5 Å². The van der Waals surface area contributed by atoms with Crippen molar-refractivity contribution < 1.29 is 4.79 Å². The van der Waals surface area contributed by atoms with E-state index in [-0.39, 0.29) is 17.4 Å². The largest absolute Gasteiger partial charge is 0.370 e. The van der Waals surface area contributed by atoms with E-state index in [4.69, 9.17) is 0 Å². The standard InChI is InChI=1S/C21H26N4O2/c1-24-20(26)14-17-13-16(8-9-18(17)23-24)21(27)22-10-12-25-11-4-6-15-5-2-3-7-19(15)25/h2-3,5,7,14,16H,4,6,8-13H2,1H3,(H,22,27)/t16-/m1/s1. The van der Waals surface area contributed by atoms with Crippen molar-refractivity contribution in [1.82, 2.24) is 15.1 Å². The smallest absolute Gasteiger partial charge is 0.266 e. The number of anilines is 1. The number of carbonyl (C=O) groups excluding carboxylic acids is 1. The average Bonchev–Trinajstić information content (AvgIpc) is 2.68. The third kappa shape index (κ3) is 3.75. The van der Waals surface area contributed by atoms with Gasteiger partial charge < -0.3 is 10.2 Å². The van der Waals surface area contributed by atoms with Crippen LogP contribution in [0.25, 0.3) is 0 Å². The lowest BCUT2D eigenvalue weighted by atomic mass is 9.86. The highest BCUT2D eigenvalue weighted by Crippen LogP contribution is 2.26. The van der Waals surface area contributed by atoms with Crippen LogP contribution in [-0.2, 0) is 31.1 Å². The zero-order valence-electron chi connectivity index (χ0n) is 15.8. The Balaban J connectivity index is 1.33. The van der Waals surface area contributed by atoms with Crippen LogP contribution in [0.3, 0.4) is 0 Å². The summed E-state index contributed by atoms with van der Waals surface area (Å²) in [6.45, 7) is 2.51. The number of rotatable bonds is 4. The number of hydrogen-bond donors (Lipinski definition) is 1. The van der Waals surface area contributed by atoms with Gasteiger partial charge in [-0.05, 0) is 49.3 Å². The van der Waals surface area contributed by atoms with E-state index in [2.05, 4.69) is 39.6 Å². The number of nitrogens with one attached hydrogen (secondary N) is 1. The first-order valence-corrected chi connectivity index (χ1v) is 9.78. The maximum atomic E-state index is 12.6. The van der Waals surface area contributed by atoms with Crippen LogP contribution in [0.15, 0.2) is 35.1 Å². The molecule has 1 aromatic heterocycles. The van der Waals surface area contributed by atoms with Gasteiger partial charge in [-0.2, -0.15) is 5.10 Å². The zero-order valence-corrected chi connectivity index (χ0v) is 15.8. The fourth-order valence-electron chi connectivity index (χ4n) is 4.21. The van der Waals surface area contributed by atoms with Crippen LogP contribution < -0.4 is 15.8 Å². The minimum absolute atomic E-state index is 0.0694. The Bertz CT molecular complexity index is 905. The van der Waals surface area contributed by atoms with Crippen molar-refractivity contribution in [2.45, 2.75) is 32.1 Å². The van der Waals surface area contributed by atoms with E-state index in [1.54, 1.807) is 13.1 Å². The molecule has 1 aliphatic heterocycles. The molecule has 0 saturated heterocycles. The average molecular weight is 366 g/mol. The zero-order chi connectivity index (χ0) is 18.8. The second-order valence-electron chi connectivity index (χ2n) is 7.53. The fraction of sp³-hybridized carbons (Fsp3) is 0.476. The molecule has 27 heavy (non-hydrogen) atoms. The highest BCUT2D eigenvalue weighted by atomic mass is 16.2. The van der Waals surface area contributed by atoms with E-state index in [0.29, 0.717) is 13.0 Å². The molecule has 1 amide bonds. The summed E-state index contributed by atoms with van der Waals surface area (Å²) < 4.78 is 1.37. The molecule has 0 radical (unpaired) electrons. The van der Waals surface area contributed by atoms with Gasteiger partial charge in [0, 0.05) is 44.4 Å². The molecule has 1 N–H and O–H groups in total. The second kappa shape index (κ2) is 7.55. The molecule has 0 bridgehead atoms. The Morgan fingerprint density at radius 1 is 1.26 bits per heavy atom. The summed E-state index contributed by atoms with van der Waals surface area (Å²) in [5, 5.41) is 7.42. The van der Waals surface area contributed by atoms with Crippen LogP contribution in [-0.4, -0.2) is 35.3 Å². The normalized spacial score (nSPS) is 18.6. The molecule has 4 rings (SSSR count).